The van der Waals surface area contributed by atoms with Crippen LogP contribution in [0.25, 0.3) is 0 Å². The van der Waals surface area contributed by atoms with Gasteiger partial charge in [-0.25, -0.2) is 8.42 Å². The van der Waals surface area contributed by atoms with Gasteiger partial charge in [0.25, 0.3) is 10.0 Å². The number of anilines is 4. The normalized spacial score (nSPS) is 15.6. The van der Waals surface area contributed by atoms with Gasteiger partial charge in [0.1, 0.15) is 0 Å². The van der Waals surface area contributed by atoms with Crippen molar-refractivity contribution in [3.05, 3.63) is 306 Å². The van der Waals surface area contributed by atoms with E-state index in [1.54, 1.807) is 96.3 Å². The van der Waals surface area contributed by atoms with E-state index in [4.69, 9.17) is 38.8 Å². The summed E-state index contributed by atoms with van der Waals surface area (Å²) in [4.78, 5) is 8.09. The van der Waals surface area contributed by atoms with Gasteiger partial charge in [-0.3, -0.25) is 4.31 Å². The zero-order valence-electron chi connectivity index (χ0n) is 80.8. The summed E-state index contributed by atoms with van der Waals surface area (Å²) in [6.45, 7) is 40.6. The van der Waals surface area contributed by atoms with Gasteiger partial charge >= 0.3 is 306 Å². The summed E-state index contributed by atoms with van der Waals surface area (Å²) >= 11 is -0.787. The van der Waals surface area contributed by atoms with Gasteiger partial charge in [-0.15, -0.1) is 0 Å². The van der Waals surface area contributed by atoms with Crippen LogP contribution in [-0.2, 0) is 106 Å². The molecule has 3 saturated carbocycles. The molecular formula is C104H123Cl5CuF15N6O4PRu2S2-. The second kappa shape index (κ2) is 52.5. The first-order valence-electron chi connectivity index (χ1n) is 45.6. The second-order valence-electron chi connectivity index (χ2n) is 36.5. The molecule has 14 rings (SSSR count). The molecule has 5 aliphatic rings. The van der Waals surface area contributed by atoms with E-state index < -0.39 is 134 Å². The zero-order chi connectivity index (χ0) is 104. The SMILES string of the molecule is C1CCC([PH+](C2CCCCC2)C2CCCCC2)CC1.C=CN(Cc1cc(C(F)(F)F)cc(C(F)(F)F)c1)S(=O)(=O)c1cc(C)cc(C(F)(F)F)c1.Cc1cc(C)c(N2[CH-]N(c3c(C)cc(C)cc3C)CC2)c(C)c1.Cc1cc(C)c(N2[CH-]N(c3c(C)cc(C)cc3C)CC2)c(C)c1.Cc1cc(CN([CH]=[Ru]([Cl])[Cl])S(=O)(=O)c2cc(C)cc(C(F)(F)F)c2)cc(C(F)(F)F)c1.[Cl][Cu].[Cl][Ru]([Cl])=[CH]c1ccccc1. The Morgan fingerprint density at radius 1 is 0.357 bits per heavy atom. The third-order valence-electron chi connectivity index (χ3n) is 24.8. The fourth-order valence-corrected chi connectivity index (χ4v) is 32.5. The molecule has 0 N–H and O–H groups in total. The van der Waals surface area contributed by atoms with Crippen LogP contribution >= 0.6 is 56.8 Å². The summed E-state index contributed by atoms with van der Waals surface area (Å²) in [5, 5.41) is 0. The van der Waals surface area contributed by atoms with Crippen LogP contribution in [0.2, 0.25) is 0 Å². The van der Waals surface area contributed by atoms with E-state index in [0.717, 1.165) is 66.8 Å². The Labute approximate surface area is 857 Å². The van der Waals surface area contributed by atoms with Crippen molar-refractivity contribution in [3.63, 3.8) is 0 Å². The fraction of sp³-hybridized carbons (Fsp3) is 0.423. The van der Waals surface area contributed by atoms with Crippen molar-refractivity contribution < 1.29 is 125 Å². The Kier molecular flexibility index (Phi) is 44.7. The Hall–Kier alpha value is -6.08. The first kappa shape index (κ1) is 119. The number of aryl methyl sites for hydroxylation is 15. The van der Waals surface area contributed by atoms with Crippen molar-refractivity contribution in [2.45, 2.75) is 271 Å². The summed E-state index contributed by atoms with van der Waals surface area (Å²) in [6.07, 6.45) is -0.294. The van der Waals surface area contributed by atoms with Crippen molar-refractivity contribution >= 4 is 109 Å². The summed E-state index contributed by atoms with van der Waals surface area (Å²) in [5.74, 6) is 0. The van der Waals surface area contributed by atoms with Crippen LogP contribution in [0.5, 0.6) is 0 Å². The van der Waals surface area contributed by atoms with E-state index in [-0.39, 0.29) is 40.5 Å². The molecule has 9 aromatic rings. The van der Waals surface area contributed by atoms with Crippen LogP contribution in [0, 0.1) is 117 Å². The van der Waals surface area contributed by atoms with Crippen LogP contribution in [0.15, 0.2) is 174 Å². The van der Waals surface area contributed by atoms with Gasteiger partial charge < -0.3 is 19.6 Å². The van der Waals surface area contributed by atoms with Crippen molar-refractivity contribution in [1.29, 1.82) is 0 Å². The molecule has 10 nitrogen and oxygen atoms in total. The predicted molar refractivity (Wildman–Crippen MR) is 537 cm³/mol. The van der Waals surface area contributed by atoms with Crippen molar-refractivity contribution in [1.82, 2.24) is 8.61 Å². The molecule has 2 saturated heterocycles. The topological polar surface area (TPSA) is 87.7 Å². The number of nitrogens with zero attached hydrogens (tertiary/aromatic N) is 6. The van der Waals surface area contributed by atoms with Crippen molar-refractivity contribution in [2.75, 3.05) is 45.8 Å². The summed E-state index contributed by atoms with van der Waals surface area (Å²) in [6, 6.07) is 35.8. The summed E-state index contributed by atoms with van der Waals surface area (Å²) in [7, 11) is 17.7. The zero-order valence-corrected chi connectivity index (χ0v) is 91.6. The molecule has 2 aliphatic heterocycles. The molecule has 140 heavy (non-hydrogen) atoms. The van der Waals surface area contributed by atoms with E-state index in [9.17, 15) is 82.7 Å². The maximum atomic E-state index is 13.1. The van der Waals surface area contributed by atoms with Gasteiger partial charge in [0.2, 0.25) is 0 Å². The Balaban J connectivity index is 0.000000210. The van der Waals surface area contributed by atoms with Gasteiger partial charge in [-0.1, -0.05) is 96.6 Å². The molecule has 0 aromatic heterocycles. The fourth-order valence-electron chi connectivity index (χ4n) is 19.6. The first-order valence-corrected chi connectivity index (χ1v) is 62.5. The van der Waals surface area contributed by atoms with Crippen molar-refractivity contribution in [3.8, 4) is 0 Å². The molecule has 3 aliphatic carbocycles. The first-order chi connectivity index (χ1) is 65.3. The molecule has 0 spiro atoms. The molecule has 0 atom stereocenters. The average Bonchev–Trinajstić information content (AvgIpc) is 1.17. The molecule has 9 aromatic carbocycles. The molecular weight excluding hydrogens is 2220 g/mol. The maximum absolute atomic E-state index is 13.1. The van der Waals surface area contributed by atoms with E-state index in [0.29, 0.717) is 40.8 Å². The molecule has 36 heteroatoms. The van der Waals surface area contributed by atoms with E-state index in [1.807, 2.05) is 34.9 Å². The summed E-state index contributed by atoms with van der Waals surface area (Å²) < 4.78 is 252. The quantitative estimate of drug-likeness (QED) is 0.0363. The number of halogens is 20. The third kappa shape index (κ3) is 34.5. The van der Waals surface area contributed by atoms with Crippen LogP contribution in [0.3, 0.4) is 0 Å². The minimum absolute atomic E-state index is 0.0281. The standard InChI is InChI=1S/2C21H27N2.C19H14F9NO2S.C18H15F6NO2S.C18H33P.C7H6.5ClH.Cu.2Ru/c2*1-14-9-16(3)20(17(4)10-14)22-7-8-23(13-22)21-18(5)11-15(2)12-19(21)6;1-3-29(32(30,31)16-5-11(2)4-13(9-16)17(20,21)22)10-12-6-14(18(23,24)25)8-15(7-12)19(26,27)28;1-11-4-13(8-14(5-11)17(19,20)21)10-25(3)28(26,27)16-7-12(2)6-15(9-16)18(22,23)24;1-4-10-16(11-5-1)19(17-12-6-2-7-13-17)18-14-8-3-9-15-18;1-7-5-3-2-4-6-7;;;;;;;;/h2*9-13H,7-8H2,1-6H3;3-9H,1,10H2,2H3;3-9H,10H2,1-2H3;16-18H,1-15H2;1-6H;5*1H;;;/q2*-1;;;;;;;;;;+1;2*+2/p-4. The van der Waals surface area contributed by atoms with Gasteiger partial charge in [-0.2, -0.15) is 52.9 Å². The Morgan fingerprint density at radius 2 is 0.607 bits per heavy atom. The van der Waals surface area contributed by atoms with Crippen LogP contribution < -0.4 is 19.6 Å². The van der Waals surface area contributed by atoms with E-state index in [2.05, 4.69) is 196 Å². The number of hydrogen-bond donors (Lipinski definition) is 0. The second-order valence-corrected chi connectivity index (χ2v) is 55.1. The molecule has 0 unspecified atom stereocenters. The molecule has 5 fully saturated rings. The van der Waals surface area contributed by atoms with Crippen LogP contribution in [0.1, 0.15) is 224 Å². The Morgan fingerprint density at radius 3 is 0.879 bits per heavy atom. The number of rotatable bonds is 18. The van der Waals surface area contributed by atoms with Gasteiger partial charge in [0.15, 0.2) is 0 Å². The van der Waals surface area contributed by atoms with Gasteiger partial charge in [-0.05, 0) is 259 Å². The number of alkyl halides is 15. The molecule has 2 heterocycles. The number of hydrogen-bond acceptors (Lipinski definition) is 8. The predicted octanol–water partition coefficient (Wildman–Crippen LogP) is 32.2. The van der Waals surface area contributed by atoms with E-state index >= 15 is 0 Å². The Bertz CT molecular complexity index is 5590. The van der Waals surface area contributed by atoms with Gasteiger partial charge in [0, 0.05) is 63.1 Å². The molecule has 0 bridgehead atoms. The molecule has 0 radical (unpaired) electrons. The molecule has 0 amide bonds. The van der Waals surface area contributed by atoms with E-state index in [1.165, 1.54) is 133 Å². The van der Waals surface area contributed by atoms with Gasteiger partial charge in [0.05, 0.1) is 45.1 Å². The number of benzene rings is 9. The third-order valence-corrected chi connectivity index (χ3v) is 36.6. The minimum atomic E-state index is -5.16. The number of sulfonamides is 2. The average molecular weight is 2340 g/mol. The van der Waals surface area contributed by atoms with Crippen molar-refractivity contribution in [2.24, 2.45) is 0 Å². The summed E-state index contributed by atoms with van der Waals surface area (Å²) in [5.41, 5.74) is 19.1. The van der Waals surface area contributed by atoms with Crippen LogP contribution in [-0.4, -0.2) is 77.9 Å². The van der Waals surface area contributed by atoms with Crippen LogP contribution in [0.4, 0.5) is 88.6 Å². The molecule has 778 valence electrons. The monoisotopic (exact) mass is 2340 g/mol.